The number of nitrogens with zero attached hydrogens (tertiary/aromatic N) is 3. The number of fused-ring (bicyclic) bond motifs is 2. The van der Waals surface area contributed by atoms with Crippen LogP contribution < -0.4 is 0 Å². The maximum absolute atomic E-state index is 11.2. The Kier molecular flexibility index (Phi) is 3.46. The molecular weight excluding hydrogens is 370 g/mol. The van der Waals surface area contributed by atoms with Crippen LogP contribution in [-0.4, -0.2) is 14.9 Å². The lowest BCUT2D eigenvalue weighted by atomic mass is 10.1. The molecule has 4 aromatic rings. The number of pyridine rings is 2. The fourth-order valence-corrected chi connectivity index (χ4v) is 3.06. The Hall–Kier alpha value is -2.86. The van der Waals surface area contributed by atoms with Gasteiger partial charge in [-0.15, -0.1) is 0 Å². The van der Waals surface area contributed by atoms with Crippen LogP contribution in [0.5, 0.6) is 0 Å². The normalized spacial score (nSPS) is 11.0. The van der Waals surface area contributed by atoms with Gasteiger partial charge in [0.15, 0.2) is 0 Å². The molecule has 0 N–H and O–H groups in total. The maximum Gasteiger partial charge on any atom is 0.295 e. The second-order valence-corrected chi connectivity index (χ2v) is 6.28. The summed E-state index contributed by atoms with van der Waals surface area (Å²) < 4.78 is 0.969. The summed E-state index contributed by atoms with van der Waals surface area (Å²) in [6, 6.07) is 16.5. The Bertz CT molecular complexity index is 1110. The second-order valence-electron chi connectivity index (χ2n) is 5.36. The Morgan fingerprint density at radius 1 is 1.00 bits per heavy atom. The third-order valence-corrected chi connectivity index (χ3v) is 4.33. The molecule has 6 heteroatoms. The third-order valence-electron chi connectivity index (χ3n) is 3.83. The Morgan fingerprint density at radius 2 is 1.88 bits per heavy atom. The smallest absolute Gasteiger partial charge is 0.258 e. The first-order valence-corrected chi connectivity index (χ1v) is 8.01. The number of hydrogen-bond acceptors (Lipinski definition) is 4. The van der Waals surface area contributed by atoms with Crippen LogP contribution in [0.4, 0.5) is 5.69 Å². The molecule has 0 aliphatic rings. The molecule has 0 bridgehead atoms. The molecule has 0 unspecified atom stereocenters. The summed E-state index contributed by atoms with van der Waals surface area (Å²) in [5.74, 6) is 0. The number of aromatic nitrogens is 2. The SMILES string of the molecule is O=[N+]([O-])c1cccc2ccc(-c3cnc4ccc(Br)cc4c3)nc12. The zero-order chi connectivity index (χ0) is 16.7. The third kappa shape index (κ3) is 2.51. The van der Waals surface area contributed by atoms with Gasteiger partial charge in [0.25, 0.3) is 5.69 Å². The van der Waals surface area contributed by atoms with E-state index >= 15 is 0 Å². The van der Waals surface area contributed by atoms with E-state index in [2.05, 4.69) is 25.9 Å². The van der Waals surface area contributed by atoms with E-state index in [9.17, 15) is 10.1 Å². The highest BCUT2D eigenvalue weighted by molar-refractivity contribution is 9.10. The van der Waals surface area contributed by atoms with Crippen molar-refractivity contribution in [3.05, 3.63) is 75.4 Å². The Balaban J connectivity index is 1.93. The van der Waals surface area contributed by atoms with E-state index < -0.39 is 4.92 Å². The van der Waals surface area contributed by atoms with Gasteiger partial charge in [0.2, 0.25) is 0 Å². The van der Waals surface area contributed by atoms with E-state index in [0.29, 0.717) is 11.2 Å². The summed E-state index contributed by atoms with van der Waals surface area (Å²) in [5, 5.41) is 12.9. The van der Waals surface area contributed by atoms with E-state index in [1.807, 2.05) is 42.5 Å². The molecule has 116 valence electrons. The molecule has 0 aliphatic carbocycles. The first-order chi connectivity index (χ1) is 11.6. The van der Waals surface area contributed by atoms with Crippen LogP contribution >= 0.6 is 15.9 Å². The molecule has 5 nitrogen and oxygen atoms in total. The molecule has 0 aliphatic heterocycles. The minimum absolute atomic E-state index is 0.00541. The molecule has 0 amide bonds. The lowest BCUT2D eigenvalue weighted by Crippen LogP contribution is -1.93. The molecule has 0 atom stereocenters. The molecule has 0 saturated heterocycles. The van der Waals surface area contributed by atoms with E-state index in [1.165, 1.54) is 6.07 Å². The van der Waals surface area contributed by atoms with Crippen LogP contribution in [0, 0.1) is 10.1 Å². The van der Waals surface area contributed by atoms with Gasteiger partial charge in [-0.3, -0.25) is 15.1 Å². The molecule has 2 heterocycles. The lowest BCUT2D eigenvalue weighted by molar-refractivity contribution is -0.383. The highest BCUT2D eigenvalue weighted by Gasteiger charge is 2.14. The second kappa shape index (κ2) is 5.65. The summed E-state index contributed by atoms with van der Waals surface area (Å²) in [6.07, 6.45) is 1.74. The van der Waals surface area contributed by atoms with Crippen LogP contribution in [0.25, 0.3) is 33.1 Å². The Labute approximate surface area is 145 Å². The molecule has 2 aromatic carbocycles. The highest BCUT2D eigenvalue weighted by atomic mass is 79.9. The Morgan fingerprint density at radius 3 is 2.71 bits per heavy atom. The van der Waals surface area contributed by atoms with Gasteiger partial charge in [-0.25, -0.2) is 4.98 Å². The average Bonchev–Trinajstić information content (AvgIpc) is 2.60. The summed E-state index contributed by atoms with van der Waals surface area (Å²) in [6.45, 7) is 0. The molecule has 0 saturated carbocycles. The van der Waals surface area contributed by atoms with Crippen molar-refractivity contribution >= 4 is 43.4 Å². The van der Waals surface area contributed by atoms with Crippen molar-refractivity contribution in [3.8, 4) is 11.3 Å². The van der Waals surface area contributed by atoms with Crippen molar-refractivity contribution in [2.24, 2.45) is 0 Å². The van der Waals surface area contributed by atoms with Gasteiger partial charge < -0.3 is 0 Å². The molecule has 2 aromatic heterocycles. The molecule has 4 rings (SSSR count). The first kappa shape index (κ1) is 14.7. The summed E-state index contributed by atoms with van der Waals surface area (Å²) in [5.41, 5.74) is 2.75. The fourth-order valence-electron chi connectivity index (χ4n) is 2.68. The van der Waals surface area contributed by atoms with Gasteiger partial charge >= 0.3 is 0 Å². The average molecular weight is 380 g/mol. The number of nitro benzene ring substituents is 1. The van der Waals surface area contributed by atoms with Gasteiger partial charge in [0.1, 0.15) is 5.52 Å². The van der Waals surface area contributed by atoms with E-state index in [0.717, 1.165) is 26.3 Å². The number of rotatable bonds is 2. The molecule has 0 radical (unpaired) electrons. The monoisotopic (exact) mass is 379 g/mol. The minimum atomic E-state index is -0.408. The van der Waals surface area contributed by atoms with Crippen LogP contribution in [0.15, 0.2) is 65.3 Å². The quantitative estimate of drug-likeness (QED) is 0.358. The highest BCUT2D eigenvalue weighted by Crippen LogP contribution is 2.28. The summed E-state index contributed by atoms with van der Waals surface area (Å²) in [7, 11) is 0. The standard InChI is InChI=1S/C18H10BrN3O2/c19-14-5-7-15-12(9-14)8-13(10-20-15)16-6-4-11-2-1-3-17(22(23)24)18(11)21-16/h1-10H. The van der Waals surface area contributed by atoms with Crippen LogP contribution in [0.3, 0.4) is 0 Å². The van der Waals surface area contributed by atoms with E-state index in [1.54, 1.807) is 12.3 Å². The predicted molar refractivity (Wildman–Crippen MR) is 96.8 cm³/mol. The van der Waals surface area contributed by atoms with Gasteiger partial charge in [-0.05, 0) is 30.3 Å². The van der Waals surface area contributed by atoms with Crippen LogP contribution in [-0.2, 0) is 0 Å². The van der Waals surface area contributed by atoms with Gasteiger partial charge in [-0.2, -0.15) is 0 Å². The topological polar surface area (TPSA) is 68.9 Å². The molecule has 24 heavy (non-hydrogen) atoms. The van der Waals surface area contributed by atoms with Crippen molar-refractivity contribution in [1.29, 1.82) is 0 Å². The zero-order valence-electron chi connectivity index (χ0n) is 12.3. The summed E-state index contributed by atoms with van der Waals surface area (Å²) in [4.78, 5) is 19.8. The van der Waals surface area contributed by atoms with Crippen molar-refractivity contribution in [3.63, 3.8) is 0 Å². The van der Waals surface area contributed by atoms with Gasteiger partial charge in [0.05, 0.1) is 16.1 Å². The fraction of sp³-hybridized carbons (Fsp3) is 0. The minimum Gasteiger partial charge on any atom is -0.258 e. The first-order valence-electron chi connectivity index (χ1n) is 7.22. The van der Waals surface area contributed by atoms with Crippen LogP contribution in [0.2, 0.25) is 0 Å². The van der Waals surface area contributed by atoms with Crippen molar-refractivity contribution in [2.75, 3.05) is 0 Å². The van der Waals surface area contributed by atoms with Crippen molar-refractivity contribution < 1.29 is 4.92 Å². The van der Waals surface area contributed by atoms with E-state index in [-0.39, 0.29) is 5.69 Å². The van der Waals surface area contributed by atoms with Crippen molar-refractivity contribution in [2.45, 2.75) is 0 Å². The number of nitro groups is 1. The number of halogens is 1. The molecule has 0 spiro atoms. The maximum atomic E-state index is 11.2. The molecule has 0 fully saturated rings. The number of para-hydroxylation sites is 1. The van der Waals surface area contributed by atoms with Crippen LogP contribution in [0.1, 0.15) is 0 Å². The number of benzene rings is 2. The molecular formula is C18H10BrN3O2. The number of non-ortho nitro benzene ring substituents is 1. The largest absolute Gasteiger partial charge is 0.295 e. The zero-order valence-corrected chi connectivity index (χ0v) is 13.9. The number of hydrogen-bond donors (Lipinski definition) is 0. The van der Waals surface area contributed by atoms with E-state index in [4.69, 9.17) is 0 Å². The predicted octanol–water partition coefficient (Wildman–Crippen LogP) is 5.12. The summed E-state index contributed by atoms with van der Waals surface area (Å²) >= 11 is 3.45. The van der Waals surface area contributed by atoms with Gasteiger partial charge in [-0.1, -0.05) is 34.1 Å². The van der Waals surface area contributed by atoms with Crippen molar-refractivity contribution in [1.82, 2.24) is 9.97 Å². The van der Waals surface area contributed by atoms with Gasteiger partial charge in [0, 0.05) is 33.1 Å². The lowest BCUT2D eigenvalue weighted by Gasteiger charge is -2.05.